The second-order valence-electron chi connectivity index (χ2n) is 6.03. The molecule has 1 aliphatic rings. The van der Waals surface area contributed by atoms with Gasteiger partial charge in [-0.05, 0) is 25.3 Å². The fourth-order valence-corrected chi connectivity index (χ4v) is 3.26. The van der Waals surface area contributed by atoms with Crippen LogP contribution in [0.2, 0.25) is 0 Å². The van der Waals surface area contributed by atoms with E-state index in [2.05, 4.69) is 5.10 Å². The first kappa shape index (κ1) is 17.5. The number of halogens is 3. The van der Waals surface area contributed by atoms with Gasteiger partial charge in [0.2, 0.25) is 0 Å². The van der Waals surface area contributed by atoms with Gasteiger partial charge in [0.1, 0.15) is 0 Å². The number of hydrogen-bond donors (Lipinski definition) is 1. The minimum absolute atomic E-state index is 0.0757. The van der Waals surface area contributed by atoms with Crippen LogP contribution in [0.3, 0.4) is 0 Å². The monoisotopic (exact) mass is 354 g/mol. The minimum atomic E-state index is -4.34. The Kier molecular flexibility index (Phi) is 4.55. The Morgan fingerprint density at radius 2 is 2.12 bits per heavy atom. The Morgan fingerprint density at radius 1 is 1.40 bits per heavy atom. The van der Waals surface area contributed by atoms with Crippen LogP contribution in [0, 0.1) is 5.92 Å². The number of aromatic nitrogens is 2. The maximum absolute atomic E-state index is 13.1. The molecule has 25 heavy (non-hydrogen) atoms. The van der Waals surface area contributed by atoms with Gasteiger partial charge >= 0.3 is 12.1 Å². The van der Waals surface area contributed by atoms with Gasteiger partial charge in [0.05, 0.1) is 18.2 Å². The average molecular weight is 354 g/mol. The van der Waals surface area contributed by atoms with Gasteiger partial charge in [-0.25, -0.2) is 9.48 Å². The van der Waals surface area contributed by atoms with Gasteiger partial charge in [0.25, 0.3) is 0 Å². The molecule has 2 aromatic rings. The summed E-state index contributed by atoms with van der Waals surface area (Å²) in [4.78, 5) is 11.5. The first-order valence-corrected chi connectivity index (χ1v) is 7.81. The number of para-hydroxylation sites is 1. The van der Waals surface area contributed by atoms with E-state index in [1.54, 1.807) is 12.1 Å². The van der Waals surface area contributed by atoms with Crippen LogP contribution in [-0.2, 0) is 24.2 Å². The summed E-state index contributed by atoms with van der Waals surface area (Å²) in [6.45, 7) is 0.290. The summed E-state index contributed by atoms with van der Waals surface area (Å²) < 4.78 is 45.8. The fraction of sp³-hybridized carbons (Fsp3) is 0.412. The van der Waals surface area contributed by atoms with Gasteiger partial charge in [0.15, 0.2) is 5.69 Å². The standard InChI is InChI=1S/C17H17F3N2O3/c1-25-9-10-4-2-3-5-13(10)22-14-7-6-11(17(18,19)20)8-12(14)15(21-22)16(23)24/h2-5,11H,6-9H2,1H3,(H,23,24). The Bertz CT molecular complexity index is 799. The quantitative estimate of drug-likeness (QED) is 0.914. The highest BCUT2D eigenvalue weighted by Gasteiger charge is 2.43. The highest BCUT2D eigenvalue weighted by atomic mass is 19.4. The molecule has 1 atom stereocenters. The Morgan fingerprint density at radius 3 is 2.76 bits per heavy atom. The van der Waals surface area contributed by atoms with Crippen molar-refractivity contribution < 1.29 is 27.8 Å². The molecule has 0 amide bonds. The lowest BCUT2D eigenvalue weighted by Crippen LogP contribution is -2.29. The van der Waals surface area contributed by atoms with E-state index in [0.717, 1.165) is 5.56 Å². The van der Waals surface area contributed by atoms with E-state index in [4.69, 9.17) is 4.74 Å². The van der Waals surface area contributed by atoms with Crippen LogP contribution in [0.1, 0.15) is 33.7 Å². The van der Waals surface area contributed by atoms with E-state index in [1.807, 2.05) is 12.1 Å². The van der Waals surface area contributed by atoms with Gasteiger partial charge in [-0.15, -0.1) is 0 Å². The summed E-state index contributed by atoms with van der Waals surface area (Å²) in [6, 6.07) is 7.15. The van der Waals surface area contributed by atoms with Crippen molar-refractivity contribution in [1.82, 2.24) is 9.78 Å². The molecule has 0 fully saturated rings. The largest absolute Gasteiger partial charge is 0.476 e. The highest BCUT2D eigenvalue weighted by molar-refractivity contribution is 5.87. The predicted molar refractivity (Wildman–Crippen MR) is 82.8 cm³/mol. The van der Waals surface area contributed by atoms with Crippen molar-refractivity contribution in [1.29, 1.82) is 0 Å². The van der Waals surface area contributed by atoms with Crippen molar-refractivity contribution in [3.8, 4) is 5.69 Å². The molecule has 0 radical (unpaired) electrons. The number of rotatable bonds is 4. The molecular weight excluding hydrogens is 337 g/mol. The number of hydrogen-bond acceptors (Lipinski definition) is 3. The predicted octanol–water partition coefficient (Wildman–Crippen LogP) is 3.38. The summed E-state index contributed by atoms with van der Waals surface area (Å²) in [5.74, 6) is -2.85. The number of ether oxygens (including phenoxy) is 1. The highest BCUT2D eigenvalue weighted by Crippen LogP contribution is 2.39. The average Bonchev–Trinajstić information content (AvgIpc) is 2.94. The third-order valence-corrected chi connectivity index (χ3v) is 4.46. The van der Waals surface area contributed by atoms with Gasteiger partial charge < -0.3 is 9.84 Å². The number of fused-ring (bicyclic) bond motifs is 1. The molecule has 1 unspecified atom stereocenters. The summed E-state index contributed by atoms with van der Waals surface area (Å²) >= 11 is 0. The Labute approximate surface area is 142 Å². The number of methoxy groups -OCH3 is 1. The Balaban J connectivity index is 2.11. The maximum atomic E-state index is 13.1. The first-order chi connectivity index (χ1) is 11.8. The van der Waals surface area contributed by atoms with Crippen LogP contribution in [-0.4, -0.2) is 34.1 Å². The molecule has 0 bridgehead atoms. The van der Waals surface area contributed by atoms with Crippen molar-refractivity contribution in [3.63, 3.8) is 0 Å². The van der Waals surface area contributed by atoms with E-state index < -0.39 is 18.1 Å². The number of alkyl halides is 3. The molecule has 0 saturated carbocycles. The molecular formula is C17H17F3N2O3. The lowest BCUT2D eigenvalue weighted by molar-refractivity contribution is -0.177. The minimum Gasteiger partial charge on any atom is -0.476 e. The van der Waals surface area contributed by atoms with E-state index in [-0.39, 0.29) is 30.5 Å². The van der Waals surface area contributed by atoms with Crippen LogP contribution in [0.5, 0.6) is 0 Å². The summed E-state index contributed by atoms with van der Waals surface area (Å²) in [7, 11) is 1.53. The molecule has 3 rings (SSSR count). The van der Waals surface area contributed by atoms with Gasteiger partial charge in [-0.1, -0.05) is 18.2 Å². The third kappa shape index (κ3) is 3.26. The molecule has 0 aliphatic heterocycles. The van der Waals surface area contributed by atoms with Crippen molar-refractivity contribution in [2.75, 3.05) is 7.11 Å². The normalized spacial score (nSPS) is 17.4. The zero-order valence-corrected chi connectivity index (χ0v) is 13.5. The van der Waals surface area contributed by atoms with E-state index in [0.29, 0.717) is 18.0 Å². The van der Waals surface area contributed by atoms with Crippen LogP contribution >= 0.6 is 0 Å². The molecule has 1 heterocycles. The van der Waals surface area contributed by atoms with E-state index >= 15 is 0 Å². The molecule has 134 valence electrons. The van der Waals surface area contributed by atoms with Crippen molar-refractivity contribution in [2.24, 2.45) is 5.92 Å². The van der Waals surface area contributed by atoms with Gasteiger partial charge in [-0.2, -0.15) is 18.3 Å². The second kappa shape index (κ2) is 6.51. The lowest BCUT2D eigenvalue weighted by Gasteiger charge is -2.25. The van der Waals surface area contributed by atoms with Crippen molar-refractivity contribution in [3.05, 3.63) is 46.8 Å². The number of benzene rings is 1. The zero-order valence-electron chi connectivity index (χ0n) is 13.5. The van der Waals surface area contributed by atoms with Gasteiger partial charge in [0, 0.05) is 23.9 Å². The molecule has 1 aromatic heterocycles. The molecule has 5 nitrogen and oxygen atoms in total. The lowest BCUT2D eigenvalue weighted by atomic mass is 9.85. The SMILES string of the molecule is COCc1ccccc1-n1nc(C(=O)O)c2c1CCC(C(F)(F)F)C2. The van der Waals surface area contributed by atoms with Crippen molar-refractivity contribution >= 4 is 5.97 Å². The molecule has 1 N–H and O–H groups in total. The molecule has 1 aliphatic carbocycles. The molecule has 8 heteroatoms. The van der Waals surface area contributed by atoms with E-state index in [1.165, 1.54) is 11.8 Å². The number of carbonyl (C=O) groups is 1. The summed E-state index contributed by atoms with van der Waals surface area (Å²) in [5.41, 5.74) is 1.80. The molecule has 0 saturated heterocycles. The summed E-state index contributed by atoms with van der Waals surface area (Å²) in [6.07, 6.45) is -4.65. The summed E-state index contributed by atoms with van der Waals surface area (Å²) in [5, 5.41) is 13.5. The zero-order chi connectivity index (χ0) is 18.2. The third-order valence-electron chi connectivity index (χ3n) is 4.46. The van der Waals surface area contributed by atoms with Crippen molar-refractivity contribution in [2.45, 2.75) is 32.0 Å². The van der Waals surface area contributed by atoms with E-state index in [9.17, 15) is 23.1 Å². The number of carboxylic acid groups (broad SMARTS) is 1. The Hall–Kier alpha value is -2.35. The van der Waals surface area contributed by atoms with Gasteiger partial charge in [-0.3, -0.25) is 0 Å². The maximum Gasteiger partial charge on any atom is 0.392 e. The van der Waals surface area contributed by atoms with Crippen LogP contribution in [0.15, 0.2) is 24.3 Å². The molecule has 0 spiro atoms. The number of aromatic carboxylic acids is 1. The second-order valence-corrected chi connectivity index (χ2v) is 6.03. The molecule has 1 aromatic carbocycles. The van der Waals surface area contributed by atoms with Crippen LogP contribution in [0.25, 0.3) is 5.69 Å². The topological polar surface area (TPSA) is 64.4 Å². The fourth-order valence-electron chi connectivity index (χ4n) is 3.26. The number of carboxylic acids is 1. The smallest absolute Gasteiger partial charge is 0.392 e. The first-order valence-electron chi connectivity index (χ1n) is 7.81. The number of nitrogens with zero attached hydrogens (tertiary/aromatic N) is 2. The van der Waals surface area contributed by atoms with Crippen LogP contribution in [0.4, 0.5) is 13.2 Å². The van der Waals surface area contributed by atoms with Crippen LogP contribution < -0.4 is 0 Å².